The molecule has 1 N–H and O–H groups in total. The maximum Gasteiger partial charge on any atom is 0.393 e. The van der Waals surface area contributed by atoms with Gasteiger partial charge in [-0.1, -0.05) is 30.3 Å². The van der Waals surface area contributed by atoms with Crippen LogP contribution in [0.1, 0.15) is 29.7 Å². The molecule has 1 saturated carbocycles. The molecule has 1 spiro atoms. The minimum atomic E-state index is -4.21. The Kier molecular flexibility index (Phi) is 4.94. The molecule has 1 saturated heterocycles. The van der Waals surface area contributed by atoms with Crippen molar-refractivity contribution in [3.8, 4) is 0 Å². The highest BCUT2D eigenvalue weighted by Crippen LogP contribution is 2.48. The van der Waals surface area contributed by atoms with Crippen LogP contribution in [0.5, 0.6) is 0 Å². The summed E-state index contributed by atoms with van der Waals surface area (Å²) < 4.78 is 38.3. The molecule has 1 aromatic carbocycles. The molecule has 3 aromatic rings. The van der Waals surface area contributed by atoms with Gasteiger partial charge in [-0.15, -0.1) is 11.3 Å². The predicted octanol–water partition coefficient (Wildman–Crippen LogP) is 4.94. The van der Waals surface area contributed by atoms with Crippen LogP contribution < -0.4 is 10.2 Å². The summed E-state index contributed by atoms with van der Waals surface area (Å²) in [5, 5.41) is 4.43. The maximum atomic E-state index is 12.8. The third kappa shape index (κ3) is 4.03. The summed E-state index contributed by atoms with van der Waals surface area (Å²) in [7, 11) is 0. The second kappa shape index (κ2) is 7.50. The van der Waals surface area contributed by atoms with Crippen molar-refractivity contribution in [1.29, 1.82) is 0 Å². The van der Waals surface area contributed by atoms with Gasteiger partial charge in [-0.2, -0.15) is 13.2 Å². The molecule has 0 radical (unpaired) electrons. The molecule has 1 aliphatic carbocycles. The van der Waals surface area contributed by atoms with Crippen LogP contribution >= 0.6 is 11.3 Å². The van der Waals surface area contributed by atoms with Gasteiger partial charge in [0.2, 0.25) is 0 Å². The molecule has 158 valence electrons. The molecule has 1 atom stereocenters. The highest BCUT2D eigenvalue weighted by molar-refractivity contribution is 7.18. The molecule has 1 aliphatic heterocycles. The summed E-state index contributed by atoms with van der Waals surface area (Å²) in [6, 6.07) is 12.5. The highest BCUT2D eigenvalue weighted by Gasteiger charge is 2.48. The van der Waals surface area contributed by atoms with Crippen LogP contribution in [0.4, 0.5) is 19.0 Å². The number of benzene rings is 1. The minimum absolute atomic E-state index is 0.288. The van der Waals surface area contributed by atoms with Crippen molar-refractivity contribution >= 4 is 27.4 Å². The first kappa shape index (κ1) is 19.8. The van der Waals surface area contributed by atoms with Gasteiger partial charge in [-0.05, 0) is 30.9 Å². The second-order valence-electron chi connectivity index (χ2n) is 8.58. The normalized spacial score (nSPS) is 20.8. The third-order valence-electron chi connectivity index (χ3n) is 6.23. The smallest absolute Gasteiger partial charge is 0.355 e. The molecule has 30 heavy (non-hydrogen) atoms. The van der Waals surface area contributed by atoms with E-state index in [0.717, 1.165) is 55.0 Å². The number of halogens is 3. The van der Waals surface area contributed by atoms with Crippen LogP contribution in [0, 0.1) is 5.41 Å². The molecule has 8 heteroatoms. The van der Waals surface area contributed by atoms with Crippen LogP contribution in [-0.2, 0) is 13.0 Å². The molecular weight excluding hydrogens is 409 g/mol. The summed E-state index contributed by atoms with van der Waals surface area (Å²) in [6.07, 6.45) is -0.183. The lowest BCUT2D eigenvalue weighted by molar-refractivity contribution is -0.126. The molecule has 3 heterocycles. The monoisotopic (exact) mass is 432 g/mol. The average Bonchev–Trinajstić information content (AvgIpc) is 3.28. The van der Waals surface area contributed by atoms with E-state index in [-0.39, 0.29) is 5.41 Å². The topological polar surface area (TPSA) is 41.0 Å². The van der Waals surface area contributed by atoms with Crippen LogP contribution in [0.15, 0.2) is 42.7 Å². The zero-order chi connectivity index (χ0) is 20.8. The zero-order valence-electron chi connectivity index (χ0n) is 16.5. The van der Waals surface area contributed by atoms with Gasteiger partial charge >= 0.3 is 6.18 Å². The largest absolute Gasteiger partial charge is 0.393 e. The lowest BCUT2D eigenvalue weighted by Crippen LogP contribution is -2.56. The zero-order valence-corrected chi connectivity index (χ0v) is 17.3. The molecule has 2 fully saturated rings. The molecule has 4 nitrogen and oxygen atoms in total. The van der Waals surface area contributed by atoms with Crippen LogP contribution in [0.3, 0.4) is 0 Å². The molecule has 0 amide bonds. The predicted molar refractivity (Wildman–Crippen MR) is 113 cm³/mol. The van der Waals surface area contributed by atoms with Crippen molar-refractivity contribution in [3.63, 3.8) is 0 Å². The lowest BCUT2D eigenvalue weighted by Gasteiger charge is -2.49. The Bertz CT molecular complexity index is 1030. The SMILES string of the molecule is FC(F)(F)Cc1cc2c(N3CC4(CCC(NCc5ccccc5)C4)C3)ncnc2s1. The fourth-order valence-corrected chi connectivity index (χ4v) is 5.89. The van der Waals surface area contributed by atoms with E-state index < -0.39 is 12.6 Å². The van der Waals surface area contributed by atoms with Gasteiger partial charge in [0.15, 0.2) is 0 Å². The Morgan fingerprint density at radius 3 is 2.73 bits per heavy atom. The number of nitrogens with zero attached hydrogens (tertiary/aromatic N) is 3. The molecule has 2 aliphatic rings. The van der Waals surface area contributed by atoms with E-state index in [1.807, 2.05) is 6.07 Å². The fraction of sp³-hybridized carbons (Fsp3) is 0.455. The van der Waals surface area contributed by atoms with E-state index in [0.29, 0.717) is 15.7 Å². The number of alkyl halides is 3. The minimum Gasteiger partial charge on any atom is -0.355 e. The van der Waals surface area contributed by atoms with Crippen molar-refractivity contribution in [1.82, 2.24) is 15.3 Å². The number of hydrogen-bond acceptors (Lipinski definition) is 5. The number of aromatic nitrogens is 2. The summed E-state index contributed by atoms with van der Waals surface area (Å²) in [5.41, 5.74) is 1.58. The number of thiophene rings is 1. The van der Waals surface area contributed by atoms with E-state index in [1.165, 1.54) is 18.3 Å². The lowest BCUT2D eigenvalue weighted by atomic mass is 9.78. The molecule has 2 aromatic heterocycles. The Hall–Kier alpha value is -2.19. The summed E-state index contributed by atoms with van der Waals surface area (Å²) in [4.78, 5) is 11.7. The van der Waals surface area contributed by atoms with Crippen LogP contribution in [-0.4, -0.2) is 35.3 Å². The average molecular weight is 433 g/mol. The van der Waals surface area contributed by atoms with Crippen LogP contribution in [0.25, 0.3) is 10.2 Å². The van der Waals surface area contributed by atoms with E-state index >= 15 is 0 Å². The highest BCUT2D eigenvalue weighted by atomic mass is 32.1. The molecular formula is C22H23F3N4S. The van der Waals surface area contributed by atoms with E-state index in [1.54, 1.807) is 6.07 Å². The number of nitrogens with one attached hydrogen (secondary N) is 1. The van der Waals surface area contributed by atoms with Crippen molar-refractivity contribution in [2.75, 3.05) is 18.0 Å². The standard InChI is InChI=1S/C22H23F3N4S/c23-22(24,25)10-17-8-18-19(27-14-28-20(18)30-17)29-12-21(13-29)7-6-16(9-21)26-11-15-4-2-1-3-5-15/h1-5,8,14,16,26H,6-7,9-13H2. The summed E-state index contributed by atoms with van der Waals surface area (Å²) in [6.45, 7) is 2.70. The van der Waals surface area contributed by atoms with Crippen molar-refractivity contribution in [2.45, 2.75) is 44.4 Å². The second-order valence-corrected chi connectivity index (χ2v) is 9.70. The van der Waals surface area contributed by atoms with Crippen LogP contribution in [0.2, 0.25) is 0 Å². The van der Waals surface area contributed by atoms with Gasteiger partial charge in [0.05, 0.1) is 11.8 Å². The molecule has 0 bridgehead atoms. The van der Waals surface area contributed by atoms with Crippen molar-refractivity contribution in [2.24, 2.45) is 5.41 Å². The Morgan fingerprint density at radius 1 is 1.17 bits per heavy atom. The number of rotatable bonds is 5. The number of fused-ring (bicyclic) bond motifs is 1. The summed E-state index contributed by atoms with van der Waals surface area (Å²) in [5.74, 6) is 0.774. The maximum absolute atomic E-state index is 12.8. The molecule has 1 unspecified atom stereocenters. The first-order chi connectivity index (χ1) is 14.4. The molecule has 5 rings (SSSR count). The van der Waals surface area contributed by atoms with Gasteiger partial charge in [-0.25, -0.2) is 9.97 Å². The quantitative estimate of drug-likeness (QED) is 0.620. The van der Waals surface area contributed by atoms with Gasteiger partial charge in [0.25, 0.3) is 0 Å². The van der Waals surface area contributed by atoms with E-state index in [4.69, 9.17) is 0 Å². The summed E-state index contributed by atoms with van der Waals surface area (Å²) >= 11 is 1.11. The van der Waals surface area contributed by atoms with Crippen molar-refractivity contribution in [3.05, 3.63) is 53.2 Å². The van der Waals surface area contributed by atoms with Gasteiger partial charge in [0.1, 0.15) is 17.0 Å². The van der Waals surface area contributed by atoms with Crippen molar-refractivity contribution < 1.29 is 13.2 Å². The van der Waals surface area contributed by atoms with Gasteiger partial charge in [0, 0.05) is 36.0 Å². The Balaban J connectivity index is 1.23. The van der Waals surface area contributed by atoms with E-state index in [2.05, 4.69) is 44.5 Å². The Labute approximate surface area is 177 Å². The first-order valence-electron chi connectivity index (χ1n) is 10.2. The first-order valence-corrected chi connectivity index (χ1v) is 11.0. The fourth-order valence-electron chi connectivity index (χ4n) is 4.87. The number of hydrogen-bond donors (Lipinski definition) is 1. The van der Waals surface area contributed by atoms with Gasteiger partial charge < -0.3 is 10.2 Å². The van der Waals surface area contributed by atoms with E-state index in [9.17, 15) is 13.2 Å². The Morgan fingerprint density at radius 2 is 1.97 bits per heavy atom. The number of anilines is 1. The van der Waals surface area contributed by atoms with Gasteiger partial charge in [-0.3, -0.25) is 0 Å². The third-order valence-corrected chi connectivity index (χ3v) is 7.27.